The molecule has 0 unspecified atom stereocenters. The molecule has 1 N–H and O–H groups in total. The van der Waals surface area contributed by atoms with Crippen molar-refractivity contribution >= 4 is 21.6 Å². The van der Waals surface area contributed by atoms with Gasteiger partial charge in [0.15, 0.2) is 0 Å². The van der Waals surface area contributed by atoms with E-state index in [1.807, 2.05) is 6.92 Å². The molecule has 0 spiro atoms. The summed E-state index contributed by atoms with van der Waals surface area (Å²) in [4.78, 5) is 12.1. The van der Waals surface area contributed by atoms with Crippen LogP contribution in [0.15, 0.2) is 30.3 Å². The van der Waals surface area contributed by atoms with E-state index >= 15 is 0 Å². The molecule has 6 heteroatoms. The molecule has 0 fully saturated rings. The molecule has 1 rings (SSSR count). The fourth-order valence-electron chi connectivity index (χ4n) is 1.92. The lowest BCUT2D eigenvalue weighted by atomic mass is 10.2. The number of anilines is 1. The molecule has 112 valence electrons. The van der Waals surface area contributed by atoms with Gasteiger partial charge in [-0.15, -0.1) is 0 Å². The monoisotopic (exact) mass is 298 g/mol. The number of hydrogen-bond donors (Lipinski definition) is 1. The van der Waals surface area contributed by atoms with Crippen LogP contribution in [0, 0.1) is 0 Å². The Bertz CT molecular complexity index is 529. The van der Waals surface area contributed by atoms with E-state index in [1.54, 1.807) is 37.3 Å². The molecule has 0 radical (unpaired) electrons. The smallest absolute Gasteiger partial charge is 0.243 e. The lowest BCUT2D eigenvalue weighted by molar-refractivity contribution is -0.121. The first-order valence-corrected chi connectivity index (χ1v) is 8.55. The Morgan fingerprint density at radius 2 is 1.90 bits per heavy atom. The van der Waals surface area contributed by atoms with Crippen molar-refractivity contribution in [1.82, 2.24) is 5.32 Å². The van der Waals surface area contributed by atoms with Gasteiger partial charge in [-0.1, -0.05) is 31.5 Å². The minimum Gasteiger partial charge on any atom is -0.354 e. The minimum absolute atomic E-state index is 0.285. The Morgan fingerprint density at radius 3 is 2.40 bits per heavy atom. The SMILES string of the molecule is CCCCNC(=O)[C@@H](C)N(c1ccccc1)S(C)(=O)=O. The van der Waals surface area contributed by atoms with Crippen molar-refractivity contribution in [3.05, 3.63) is 30.3 Å². The zero-order valence-corrected chi connectivity index (χ0v) is 13.0. The van der Waals surface area contributed by atoms with E-state index in [1.165, 1.54) is 0 Å². The summed E-state index contributed by atoms with van der Waals surface area (Å²) in [6, 6.07) is 7.87. The van der Waals surface area contributed by atoms with Crippen LogP contribution in [0.3, 0.4) is 0 Å². The van der Waals surface area contributed by atoms with Crippen LogP contribution in [0.25, 0.3) is 0 Å². The van der Waals surface area contributed by atoms with Gasteiger partial charge in [-0.2, -0.15) is 0 Å². The number of carbonyl (C=O) groups is 1. The Kier molecular flexibility index (Phi) is 6.01. The second-order valence-corrected chi connectivity index (χ2v) is 6.57. The van der Waals surface area contributed by atoms with E-state index in [-0.39, 0.29) is 5.91 Å². The summed E-state index contributed by atoms with van der Waals surface area (Å²) < 4.78 is 25.1. The van der Waals surface area contributed by atoms with Gasteiger partial charge < -0.3 is 5.32 Å². The average molecular weight is 298 g/mol. The molecule has 1 amide bonds. The third-order valence-electron chi connectivity index (χ3n) is 2.93. The van der Waals surface area contributed by atoms with Gasteiger partial charge in [0.2, 0.25) is 15.9 Å². The van der Waals surface area contributed by atoms with Crippen LogP contribution in [0.5, 0.6) is 0 Å². The molecule has 0 aliphatic heterocycles. The maximum atomic E-state index is 12.1. The number of nitrogens with one attached hydrogen (secondary N) is 1. The first kappa shape index (κ1) is 16.5. The molecule has 1 atom stereocenters. The Labute approximate surface area is 121 Å². The van der Waals surface area contributed by atoms with Crippen molar-refractivity contribution in [1.29, 1.82) is 0 Å². The second-order valence-electron chi connectivity index (χ2n) is 4.71. The summed E-state index contributed by atoms with van der Waals surface area (Å²) in [6.07, 6.45) is 2.96. The van der Waals surface area contributed by atoms with Crippen molar-refractivity contribution in [3.8, 4) is 0 Å². The summed E-state index contributed by atoms with van der Waals surface area (Å²) in [6.45, 7) is 4.18. The molecular formula is C14H22N2O3S. The molecule has 0 saturated carbocycles. The van der Waals surface area contributed by atoms with Gasteiger partial charge in [0.25, 0.3) is 0 Å². The highest BCUT2D eigenvalue weighted by Crippen LogP contribution is 2.20. The maximum Gasteiger partial charge on any atom is 0.243 e. The summed E-state index contributed by atoms with van der Waals surface area (Å²) >= 11 is 0. The summed E-state index contributed by atoms with van der Waals surface area (Å²) in [5, 5.41) is 2.76. The van der Waals surface area contributed by atoms with E-state index in [0.29, 0.717) is 12.2 Å². The Balaban J connectivity index is 2.93. The van der Waals surface area contributed by atoms with Gasteiger partial charge in [0.1, 0.15) is 6.04 Å². The highest BCUT2D eigenvalue weighted by molar-refractivity contribution is 7.92. The van der Waals surface area contributed by atoms with Gasteiger partial charge in [0, 0.05) is 6.54 Å². The Morgan fingerprint density at radius 1 is 1.30 bits per heavy atom. The van der Waals surface area contributed by atoms with Crippen LogP contribution in [0.1, 0.15) is 26.7 Å². The van der Waals surface area contributed by atoms with Gasteiger partial charge in [0.05, 0.1) is 11.9 Å². The van der Waals surface area contributed by atoms with E-state index in [2.05, 4.69) is 5.32 Å². The molecule has 1 aromatic carbocycles. The standard InChI is InChI=1S/C14H22N2O3S/c1-4-5-11-15-14(17)12(2)16(20(3,18)19)13-9-7-6-8-10-13/h6-10,12H,4-5,11H2,1-3H3,(H,15,17)/t12-/m1/s1. The van der Waals surface area contributed by atoms with Gasteiger partial charge >= 0.3 is 0 Å². The molecule has 1 aromatic rings. The van der Waals surface area contributed by atoms with Crippen LogP contribution in [-0.2, 0) is 14.8 Å². The maximum absolute atomic E-state index is 12.1. The lowest BCUT2D eigenvalue weighted by Gasteiger charge is -2.28. The zero-order chi connectivity index (χ0) is 15.2. The zero-order valence-electron chi connectivity index (χ0n) is 12.2. The van der Waals surface area contributed by atoms with Gasteiger partial charge in [-0.05, 0) is 25.5 Å². The fraction of sp³-hybridized carbons (Fsp3) is 0.500. The normalized spacial score (nSPS) is 12.8. The molecule has 0 aromatic heterocycles. The topological polar surface area (TPSA) is 66.5 Å². The molecule has 0 aliphatic rings. The number of nitrogens with zero attached hydrogens (tertiary/aromatic N) is 1. The molecular weight excluding hydrogens is 276 g/mol. The Hall–Kier alpha value is -1.56. The third-order valence-corrected chi connectivity index (χ3v) is 4.17. The van der Waals surface area contributed by atoms with E-state index in [4.69, 9.17) is 0 Å². The average Bonchev–Trinajstić information content (AvgIpc) is 2.38. The molecule has 5 nitrogen and oxygen atoms in total. The number of sulfonamides is 1. The van der Waals surface area contributed by atoms with Gasteiger partial charge in [-0.3, -0.25) is 9.10 Å². The molecule has 20 heavy (non-hydrogen) atoms. The number of unbranched alkanes of at least 4 members (excludes halogenated alkanes) is 1. The van der Waals surface area contributed by atoms with Crippen LogP contribution < -0.4 is 9.62 Å². The number of benzene rings is 1. The number of para-hydroxylation sites is 1. The highest BCUT2D eigenvalue weighted by atomic mass is 32.2. The molecule has 0 aliphatic carbocycles. The number of carbonyl (C=O) groups excluding carboxylic acids is 1. The van der Waals surface area contributed by atoms with Crippen molar-refractivity contribution < 1.29 is 13.2 Å². The fourth-order valence-corrected chi connectivity index (χ4v) is 3.09. The summed E-state index contributed by atoms with van der Waals surface area (Å²) in [7, 11) is -3.52. The lowest BCUT2D eigenvalue weighted by Crippen LogP contribution is -2.48. The van der Waals surface area contributed by atoms with Crippen LogP contribution in [0.4, 0.5) is 5.69 Å². The van der Waals surface area contributed by atoms with Crippen molar-refractivity contribution in [2.75, 3.05) is 17.1 Å². The summed E-state index contributed by atoms with van der Waals surface area (Å²) in [5.41, 5.74) is 0.494. The number of hydrogen-bond acceptors (Lipinski definition) is 3. The van der Waals surface area contributed by atoms with Crippen LogP contribution in [-0.4, -0.2) is 33.2 Å². The quantitative estimate of drug-likeness (QED) is 0.780. The molecule has 0 heterocycles. The summed E-state index contributed by atoms with van der Waals surface area (Å²) in [5.74, 6) is -0.285. The highest BCUT2D eigenvalue weighted by Gasteiger charge is 2.28. The predicted octanol–water partition coefficient (Wildman–Crippen LogP) is 1.76. The predicted molar refractivity (Wildman–Crippen MR) is 81.1 cm³/mol. The molecule has 0 bridgehead atoms. The number of rotatable bonds is 7. The van der Waals surface area contributed by atoms with Crippen molar-refractivity contribution in [2.24, 2.45) is 0 Å². The second kappa shape index (κ2) is 7.28. The first-order valence-electron chi connectivity index (χ1n) is 6.70. The third kappa shape index (κ3) is 4.52. The first-order chi connectivity index (χ1) is 9.38. The van der Waals surface area contributed by atoms with Crippen LogP contribution >= 0.6 is 0 Å². The number of amides is 1. The minimum atomic E-state index is -3.52. The largest absolute Gasteiger partial charge is 0.354 e. The van der Waals surface area contributed by atoms with Crippen molar-refractivity contribution in [3.63, 3.8) is 0 Å². The van der Waals surface area contributed by atoms with Crippen molar-refractivity contribution in [2.45, 2.75) is 32.7 Å². The van der Waals surface area contributed by atoms with E-state index in [0.717, 1.165) is 23.4 Å². The molecule has 0 saturated heterocycles. The van der Waals surface area contributed by atoms with E-state index in [9.17, 15) is 13.2 Å². The van der Waals surface area contributed by atoms with Gasteiger partial charge in [-0.25, -0.2) is 8.42 Å². The van der Waals surface area contributed by atoms with E-state index < -0.39 is 16.1 Å². The van der Waals surface area contributed by atoms with Crippen LogP contribution in [0.2, 0.25) is 0 Å².